The Hall–Kier alpha value is -0.870. The van der Waals surface area contributed by atoms with Crippen LogP contribution in [0.3, 0.4) is 0 Å². The van der Waals surface area contributed by atoms with E-state index in [1.165, 1.54) is 12.1 Å². The molecular weight excluding hydrogens is 212 g/mol. The summed E-state index contributed by atoms with van der Waals surface area (Å²) in [7, 11) is 2.18. The van der Waals surface area contributed by atoms with Gasteiger partial charge in [0.25, 0.3) is 0 Å². The van der Waals surface area contributed by atoms with Crippen LogP contribution in [0, 0.1) is 11.8 Å². The Kier molecular flexibility index (Phi) is 3.84. The van der Waals surface area contributed by atoms with Gasteiger partial charge < -0.3 is 10.3 Å². The van der Waals surface area contributed by atoms with Crippen molar-refractivity contribution < 1.29 is 0 Å². The van der Waals surface area contributed by atoms with Crippen LogP contribution in [0.25, 0.3) is 0 Å². The number of likely N-dealkylation sites (N-methyl/N-ethyl adjacent to an activating group) is 1. The van der Waals surface area contributed by atoms with Gasteiger partial charge in [0, 0.05) is 25.8 Å². The molecule has 0 radical (unpaired) electrons. The van der Waals surface area contributed by atoms with Gasteiger partial charge in [-0.2, -0.15) is 0 Å². The minimum absolute atomic E-state index is 0.297. The lowest BCUT2D eigenvalue weighted by Crippen LogP contribution is -2.33. The summed E-state index contributed by atoms with van der Waals surface area (Å²) >= 11 is 0. The van der Waals surface area contributed by atoms with Crippen LogP contribution in [-0.4, -0.2) is 34.6 Å². The monoisotopic (exact) mass is 236 g/mol. The summed E-state index contributed by atoms with van der Waals surface area (Å²) in [5, 5.41) is 0. The van der Waals surface area contributed by atoms with E-state index in [4.69, 9.17) is 5.73 Å². The summed E-state index contributed by atoms with van der Waals surface area (Å²) in [5.41, 5.74) is 7.18. The highest BCUT2D eigenvalue weighted by Gasteiger charge is 2.34. The van der Waals surface area contributed by atoms with Gasteiger partial charge in [0.15, 0.2) is 0 Å². The first-order valence-corrected chi connectivity index (χ1v) is 6.57. The molecule has 2 rings (SSSR count). The Morgan fingerprint density at radius 1 is 1.65 bits per heavy atom. The molecule has 1 saturated carbocycles. The van der Waals surface area contributed by atoms with Crippen molar-refractivity contribution in [1.29, 1.82) is 0 Å². The maximum atomic E-state index is 5.94. The van der Waals surface area contributed by atoms with Crippen LogP contribution >= 0.6 is 0 Å². The molecule has 3 atom stereocenters. The van der Waals surface area contributed by atoms with Crippen molar-refractivity contribution in [2.75, 3.05) is 20.1 Å². The summed E-state index contributed by atoms with van der Waals surface area (Å²) in [6.07, 6.45) is 5.22. The lowest BCUT2D eigenvalue weighted by atomic mass is 10.1. The summed E-state index contributed by atoms with van der Waals surface area (Å²) in [4.78, 5) is 6.62. The zero-order valence-electron chi connectivity index (χ0n) is 11.1. The molecule has 1 heterocycles. The van der Waals surface area contributed by atoms with Crippen molar-refractivity contribution in [3.63, 3.8) is 0 Å². The molecule has 4 nitrogen and oxygen atoms in total. The fraction of sp³-hybridized carbons (Fsp3) is 0.769. The van der Waals surface area contributed by atoms with Gasteiger partial charge in [0.05, 0.1) is 18.1 Å². The highest BCUT2D eigenvalue weighted by molar-refractivity contribution is 5.06. The van der Waals surface area contributed by atoms with Gasteiger partial charge in [-0.25, -0.2) is 4.98 Å². The minimum Gasteiger partial charge on any atom is -0.333 e. The predicted molar refractivity (Wildman–Crippen MR) is 69.6 cm³/mol. The average Bonchev–Trinajstić information content (AvgIpc) is 2.81. The molecule has 17 heavy (non-hydrogen) atoms. The molecule has 1 aromatic rings. The molecule has 0 spiro atoms. The number of hydrogen-bond acceptors (Lipinski definition) is 3. The molecule has 2 N–H and O–H groups in total. The summed E-state index contributed by atoms with van der Waals surface area (Å²) < 4.78 is 2.18. The van der Waals surface area contributed by atoms with E-state index >= 15 is 0 Å². The van der Waals surface area contributed by atoms with Crippen molar-refractivity contribution in [3.8, 4) is 0 Å². The third kappa shape index (κ3) is 2.69. The molecule has 1 aliphatic rings. The highest BCUT2D eigenvalue weighted by Crippen LogP contribution is 2.39. The summed E-state index contributed by atoms with van der Waals surface area (Å²) in [6.45, 7) is 7.23. The van der Waals surface area contributed by atoms with E-state index in [0.717, 1.165) is 24.9 Å². The molecule has 1 aliphatic carbocycles. The lowest BCUT2D eigenvalue weighted by Gasteiger charge is -2.27. The van der Waals surface area contributed by atoms with Gasteiger partial charge in [-0.05, 0) is 32.2 Å². The average molecular weight is 236 g/mol. The van der Waals surface area contributed by atoms with E-state index < -0.39 is 0 Å². The van der Waals surface area contributed by atoms with Gasteiger partial charge in [-0.1, -0.05) is 6.92 Å². The van der Waals surface area contributed by atoms with E-state index in [1.807, 2.05) is 12.5 Å². The zero-order valence-corrected chi connectivity index (χ0v) is 11.1. The Balaban J connectivity index is 2.04. The third-order valence-electron chi connectivity index (χ3n) is 3.98. The highest BCUT2D eigenvalue weighted by atomic mass is 15.2. The second kappa shape index (κ2) is 5.19. The van der Waals surface area contributed by atoms with E-state index in [1.54, 1.807) is 0 Å². The lowest BCUT2D eigenvalue weighted by molar-refractivity contribution is 0.228. The van der Waals surface area contributed by atoms with Gasteiger partial charge in [0.2, 0.25) is 0 Å². The topological polar surface area (TPSA) is 47.1 Å². The number of nitrogens with two attached hydrogens (primary N) is 1. The largest absolute Gasteiger partial charge is 0.333 e. The van der Waals surface area contributed by atoms with E-state index in [-0.39, 0.29) is 0 Å². The number of hydrogen-bond donors (Lipinski definition) is 1. The van der Waals surface area contributed by atoms with Crippen molar-refractivity contribution in [1.82, 2.24) is 14.5 Å². The van der Waals surface area contributed by atoms with Gasteiger partial charge in [-0.3, -0.25) is 4.90 Å². The molecule has 3 unspecified atom stereocenters. The van der Waals surface area contributed by atoms with Crippen LogP contribution in [0.4, 0.5) is 0 Å². The molecule has 0 bridgehead atoms. The SMILES string of the molecule is CCn1cncc1C(CN)N(C)CC1CC1C. The van der Waals surface area contributed by atoms with Crippen molar-refractivity contribution in [2.45, 2.75) is 32.9 Å². The van der Waals surface area contributed by atoms with Crippen molar-refractivity contribution in [3.05, 3.63) is 18.2 Å². The maximum absolute atomic E-state index is 5.94. The van der Waals surface area contributed by atoms with Crippen LogP contribution in [0.5, 0.6) is 0 Å². The number of nitrogens with zero attached hydrogens (tertiary/aromatic N) is 3. The van der Waals surface area contributed by atoms with Crippen molar-refractivity contribution >= 4 is 0 Å². The number of rotatable bonds is 6. The maximum Gasteiger partial charge on any atom is 0.0948 e. The summed E-state index contributed by atoms with van der Waals surface area (Å²) in [6, 6.07) is 0.297. The first-order chi connectivity index (χ1) is 8.17. The fourth-order valence-electron chi connectivity index (χ4n) is 2.55. The molecule has 0 aromatic carbocycles. The fourth-order valence-corrected chi connectivity index (χ4v) is 2.55. The first kappa shape index (κ1) is 12.6. The van der Waals surface area contributed by atoms with Crippen LogP contribution in [0.2, 0.25) is 0 Å². The Bertz CT molecular complexity index is 360. The van der Waals surface area contributed by atoms with Gasteiger partial charge >= 0.3 is 0 Å². The molecule has 96 valence electrons. The van der Waals surface area contributed by atoms with Crippen LogP contribution in [0.1, 0.15) is 32.0 Å². The van der Waals surface area contributed by atoms with Gasteiger partial charge in [0.1, 0.15) is 0 Å². The smallest absolute Gasteiger partial charge is 0.0948 e. The van der Waals surface area contributed by atoms with Crippen molar-refractivity contribution in [2.24, 2.45) is 17.6 Å². The Morgan fingerprint density at radius 3 is 2.88 bits per heavy atom. The predicted octanol–water partition coefficient (Wildman–Crippen LogP) is 1.49. The molecule has 1 fully saturated rings. The molecular formula is C13H24N4. The molecule has 0 saturated heterocycles. The number of aromatic nitrogens is 2. The standard InChI is InChI=1S/C13H24N4/c1-4-17-9-15-7-13(17)12(6-14)16(3)8-11-5-10(11)2/h7,9-12H,4-6,8,14H2,1-3H3. The second-order valence-corrected chi connectivity index (χ2v) is 5.27. The Morgan fingerprint density at radius 2 is 2.35 bits per heavy atom. The van der Waals surface area contributed by atoms with Crippen LogP contribution in [0.15, 0.2) is 12.5 Å². The zero-order chi connectivity index (χ0) is 12.4. The van der Waals surface area contributed by atoms with E-state index in [0.29, 0.717) is 12.6 Å². The molecule has 0 aliphatic heterocycles. The third-order valence-corrected chi connectivity index (χ3v) is 3.98. The van der Waals surface area contributed by atoms with Gasteiger partial charge in [-0.15, -0.1) is 0 Å². The van der Waals surface area contributed by atoms with Crippen LogP contribution < -0.4 is 5.73 Å². The Labute approximate surface area is 104 Å². The molecule has 1 aromatic heterocycles. The van der Waals surface area contributed by atoms with Crippen LogP contribution in [-0.2, 0) is 6.54 Å². The van der Waals surface area contributed by atoms with E-state index in [2.05, 4.69) is 35.3 Å². The quantitative estimate of drug-likeness (QED) is 0.814. The molecule has 0 amide bonds. The van der Waals surface area contributed by atoms with E-state index in [9.17, 15) is 0 Å². The summed E-state index contributed by atoms with van der Waals surface area (Å²) in [5.74, 6) is 1.76. The number of aryl methyl sites for hydroxylation is 1. The number of imidazole rings is 1. The minimum atomic E-state index is 0.297. The second-order valence-electron chi connectivity index (χ2n) is 5.27. The molecule has 4 heteroatoms. The first-order valence-electron chi connectivity index (χ1n) is 6.57. The normalized spacial score (nSPS) is 25.2.